The van der Waals surface area contributed by atoms with Crippen molar-refractivity contribution in [3.63, 3.8) is 0 Å². The summed E-state index contributed by atoms with van der Waals surface area (Å²) in [5.41, 5.74) is 2.59. The maximum atomic E-state index is 12.5. The summed E-state index contributed by atoms with van der Waals surface area (Å²) in [6.45, 7) is 5.58. The van der Waals surface area contributed by atoms with Crippen molar-refractivity contribution >= 4 is 5.91 Å². The molecule has 1 heterocycles. The summed E-state index contributed by atoms with van der Waals surface area (Å²) in [6, 6.07) is 6.28. The Morgan fingerprint density at radius 3 is 2.88 bits per heavy atom. The largest absolute Gasteiger partial charge is 0.493 e. The summed E-state index contributed by atoms with van der Waals surface area (Å²) < 4.78 is 6.00. The van der Waals surface area contributed by atoms with Gasteiger partial charge in [-0.3, -0.25) is 4.79 Å². The molecule has 0 bridgehead atoms. The molecule has 1 spiro atoms. The fourth-order valence-corrected chi connectivity index (χ4v) is 3.94. The zero-order valence-electron chi connectivity index (χ0n) is 14.6. The summed E-state index contributed by atoms with van der Waals surface area (Å²) in [5, 5.41) is 6.55. The minimum absolute atomic E-state index is 0.223. The Balaban J connectivity index is 1.34. The molecule has 1 amide bonds. The number of hydrogen-bond acceptors (Lipinski definition) is 3. The van der Waals surface area contributed by atoms with Gasteiger partial charge < -0.3 is 15.4 Å². The van der Waals surface area contributed by atoms with Crippen LogP contribution in [-0.4, -0.2) is 25.6 Å². The number of ether oxygens (including phenoxy) is 1. The van der Waals surface area contributed by atoms with E-state index in [0.29, 0.717) is 12.0 Å². The molecule has 1 aromatic rings. The van der Waals surface area contributed by atoms with E-state index in [1.54, 1.807) is 0 Å². The van der Waals surface area contributed by atoms with Crippen molar-refractivity contribution in [2.75, 3.05) is 19.7 Å². The Morgan fingerprint density at radius 1 is 1.33 bits per heavy atom. The Bertz CT molecular complexity index is 618. The third kappa shape index (κ3) is 3.44. The molecule has 2 aliphatic carbocycles. The number of benzene rings is 1. The first-order valence-electron chi connectivity index (χ1n) is 9.37. The summed E-state index contributed by atoms with van der Waals surface area (Å²) in [4.78, 5) is 12.5. The van der Waals surface area contributed by atoms with Crippen molar-refractivity contribution in [1.82, 2.24) is 10.6 Å². The summed E-state index contributed by atoms with van der Waals surface area (Å²) in [7, 11) is 0. The molecule has 3 aliphatic rings. The van der Waals surface area contributed by atoms with E-state index in [-0.39, 0.29) is 11.8 Å². The Labute approximate surface area is 144 Å². The molecule has 24 heavy (non-hydrogen) atoms. The van der Waals surface area contributed by atoms with Crippen LogP contribution in [0.5, 0.6) is 5.75 Å². The van der Waals surface area contributed by atoms with Gasteiger partial charge >= 0.3 is 0 Å². The number of aryl methyl sites for hydroxylation is 1. The van der Waals surface area contributed by atoms with Gasteiger partial charge in [0, 0.05) is 18.0 Å². The molecule has 0 aromatic heterocycles. The van der Waals surface area contributed by atoms with E-state index in [9.17, 15) is 4.79 Å². The van der Waals surface area contributed by atoms with Crippen LogP contribution in [0.25, 0.3) is 0 Å². The molecule has 1 aliphatic heterocycles. The molecule has 1 atom stereocenters. The number of carbonyl (C=O) groups excluding carboxylic acids is 1. The highest BCUT2D eigenvalue weighted by molar-refractivity contribution is 5.82. The smallest absolute Gasteiger partial charge is 0.223 e. The van der Waals surface area contributed by atoms with Crippen LogP contribution < -0.4 is 15.4 Å². The van der Waals surface area contributed by atoms with E-state index in [0.717, 1.165) is 56.2 Å². The van der Waals surface area contributed by atoms with Crippen LogP contribution in [-0.2, 0) is 11.3 Å². The van der Waals surface area contributed by atoms with E-state index in [1.165, 1.54) is 18.4 Å². The van der Waals surface area contributed by atoms with Crippen molar-refractivity contribution in [3.8, 4) is 5.75 Å². The van der Waals surface area contributed by atoms with Crippen molar-refractivity contribution in [3.05, 3.63) is 29.3 Å². The van der Waals surface area contributed by atoms with Crippen LogP contribution in [0.15, 0.2) is 18.2 Å². The molecular formula is C20H28N2O2. The van der Waals surface area contributed by atoms with Crippen molar-refractivity contribution in [2.24, 2.45) is 17.3 Å². The molecule has 3 fully saturated rings. The normalized spacial score (nSPS) is 24.6. The van der Waals surface area contributed by atoms with Crippen LogP contribution >= 0.6 is 0 Å². The fraction of sp³-hybridized carbons (Fsp3) is 0.650. The quantitative estimate of drug-likeness (QED) is 0.844. The van der Waals surface area contributed by atoms with Gasteiger partial charge in [0.15, 0.2) is 0 Å². The number of rotatable bonds is 6. The molecule has 1 unspecified atom stereocenters. The minimum Gasteiger partial charge on any atom is -0.493 e. The molecule has 1 saturated heterocycles. The number of piperidine rings is 1. The highest BCUT2D eigenvalue weighted by Crippen LogP contribution is 2.58. The van der Waals surface area contributed by atoms with E-state index < -0.39 is 0 Å². The Morgan fingerprint density at radius 2 is 2.12 bits per heavy atom. The minimum atomic E-state index is 0.223. The first kappa shape index (κ1) is 15.9. The monoisotopic (exact) mass is 328 g/mol. The SMILES string of the molecule is Cc1ccc(CNC(=O)C2CC23CCNCC3)c(OCC2CC2)c1. The van der Waals surface area contributed by atoms with Gasteiger partial charge in [-0.15, -0.1) is 0 Å². The zero-order chi connectivity index (χ0) is 16.6. The van der Waals surface area contributed by atoms with E-state index in [2.05, 4.69) is 35.8 Å². The van der Waals surface area contributed by atoms with Gasteiger partial charge in [0.05, 0.1) is 6.61 Å². The van der Waals surface area contributed by atoms with Crippen molar-refractivity contribution in [2.45, 2.75) is 45.6 Å². The standard InChI is InChI=1S/C20H28N2O2/c1-14-2-5-16(18(10-14)24-13-15-3-4-15)12-22-19(23)17-11-20(17)6-8-21-9-7-20/h2,5,10,15,17,21H,3-4,6-9,11-13H2,1H3,(H,22,23). The highest BCUT2D eigenvalue weighted by atomic mass is 16.5. The van der Waals surface area contributed by atoms with Crippen LogP contribution in [0.3, 0.4) is 0 Å². The fourth-order valence-electron chi connectivity index (χ4n) is 3.94. The summed E-state index contributed by atoms with van der Waals surface area (Å²) in [6.07, 6.45) is 5.93. The van der Waals surface area contributed by atoms with Crippen LogP contribution in [0.4, 0.5) is 0 Å². The second-order valence-corrected chi connectivity index (χ2v) is 7.95. The van der Waals surface area contributed by atoms with Gasteiger partial charge in [0.1, 0.15) is 5.75 Å². The van der Waals surface area contributed by atoms with Gasteiger partial charge in [0.2, 0.25) is 5.91 Å². The third-order valence-corrected chi connectivity index (χ3v) is 5.95. The molecular weight excluding hydrogens is 300 g/mol. The lowest BCUT2D eigenvalue weighted by Crippen LogP contribution is -2.33. The number of hydrogen-bond donors (Lipinski definition) is 2. The van der Waals surface area contributed by atoms with Crippen LogP contribution in [0, 0.1) is 24.2 Å². The summed E-state index contributed by atoms with van der Waals surface area (Å²) >= 11 is 0. The van der Waals surface area contributed by atoms with Gasteiger partial charge in [-0.25, -0.2) is 0 Å². The third-order valence-electron chi connectivity index (χ3n) is 5.95. The molecule has 1 aromatic carbocycles. The molecule has 4 nitrogen and oxygen atoms in total. The zero-order valence-corrected chi connectivity index (χ0v) is 14.6. The maximum absolute atomic E-state index is 12.5. The average Bonchev–Trinajstić information content (AvgIpc) is 3.50. The van der Waals surface area contributed by atoms with Gasteiger partial charge in [-0.2, -0.15) is 0 Å². The average molecular weight is 328 g/mol. The van der Waals surface area contributed by atoms with Gasteiger partial charge in [0.25, 0.3) is 0 Å². The number of amides is 1. The molecule has 4 heteroatoms. The molecule has 2 N–H and O–H groups in total. The predicted molar refractivity (Wildman–Crippen MR) is 93.9 cm³/mol. The second kappa shape index (κ2) is 6.40. The Hall–Kier alpha value is -1.55. The van der Waals surface area contributed by atoms with Crippen molar-refractivity contribution in [1.29, 1.82) is 0 Å². The number of nitrogens with one attached hydrogen (secondary N) is 2. The summed E-state index contributed by atoms with van der Waals surface area (Å²) in [5.74, 6) is 2.13. The second-order valence-electron chi connectivity index (χ2n) is 7.95. The lowest BCUT2D eigenvalue weighted by Gasteiger charge is -2.23. The van der Waals surface area contributed by atoms with Gasteiger partial charge in [-0.05, 0) is 75.1 Å². The molecule has 2 saturated carbocycles. The first-order chi connectivity index (χ1) is 11.7. The van der Waals surface area contributed by atoms with E-state index in [1.807, 2.05) is 0 Å². The maximum Gasteiger partial charge on any atom is 0.223 e. The number of carbonyl (C=O) groups is 1. The molecule has 130 valence electrons. The first-order valence-corrected chi connectivity index (χ1v) is 9.37. The lowest BCUT2D eigenvalue weighted by atomic mass is 9.92. The van der Waals surface area contributed by atoms with Crippen LogP contribution in [0.1, 0.15) is 43.2 Å². The topological polar surface area (TPSA) is 50.4 Å². The highest BCUT2D eigenvalue weighted by Gasteiger charge is 2.57. The van der Waals surface area contributed by atoms with Gasteiger partial charge in [-0.1, -0.05) is 12.1 Å². The molecule has 0 radical (unpaired) electrons. The molecule has 4 rings (SSSR count). The van der Waals surface area contributed by atoms with E-state index in [4.69, 9.17) is 4.74 Å². The lowest BCUT2D eigenvalue weighted by molar-refractivity contribution is -0.123. The Kier molecular flexibility index (Phi) is 4.25. The predicted octanol–water partition coefficient (Wildman–Crippen LogP) is 2.79. The van der Waals surface area contributed by atoms with Crippen LogP contribution in [0.2, 0.25) is 0 Å². The van der Waals surface area contributed by atoms with Crippen molar-refractivity contribution < 1.29 is 9.53 Å². The van der Waals surface area contributed by atoms with E-state index >= 15 is 0 Å².